The van der Waals surface area contributed by atoms with Crippen molar-refractivity contribution in [3.8, 4) is 0 Å². The van der Waals surface area contributed by atoms with Crippen molar-refractivity contribution in [2.75, 3.05) is 14.2 Å². The highest BCUT2D eigenvalue weighted by Crippen LogP contribution is 2.25. The van der Waals surface area contributed by atoms with E-state index in [1.165, 1.54) is 12.1 Å². The van der Waals surface area contributed by atoms with Crippen LogP contribution in [0.5, 0.6) is 0 Å². The number of hydrogen-bond acceptors (Lipinski definition) is 5. The molecule has 2 amide bonds. The number of esters is 1. The van der Waals surface area contributed by atoms with Crippen molar-refractivity contribution in [3.63, 3.8) is 0 Å². The topological polar surface area (TPSA) is 88.1 Å². The van der Waals surface area contributed by atoms with Crippen molar-refractivity contribution in [1.29, 1.82) is 0 Å². The predicted octanol–water partition coefficient (Wildman–Crippen LogP) is 0.443. The van der Waals surface area contributed by atoms with E-state index >= 15 is 0 Å². The molecular weight excluding hydrogens is 274 g/mol. The van der Waals surface area contributed by atoms with E-state index < -0.39 is 0 Å². The number of methoxy groups -OCH3 is 1. The van der Waals surface area contributed by atoms with Gasteiger partial charge in [-0.3, -0.25) is 14.4 Å². The minimum absolute atomic E-state index is 0.0408. The van der Waals surface area contributed by atoms with Crippen molar-refractivity contribution in [2.45, 2.75) is 44.6 Å². The zero-order chi connectivity index (χ0) is 15.4. The molecule has 0 aromatic carbocycles. The third-order valence-corrected chi connectivity index (χ3v) is 4.01. The summed E-state index contributed by atoms with van der Waals surface area (Å²) in [6.45, 7) is 0. The molecule has 2 aliphatic rings. The van der Waals surface area contributed by atoms with Gasteiger partial charge in [0.25, 0.3) is 5.91 Å². The summed E-state index contributed by atoms with van der Waals surface area (Å²) in [5.41, 5.74) is 0.372. The van der Waals surface area contributed by atoms with E-state index in [0.29, 0.717) is 25.0 Å². The molecular formula is C14H21N3O4. The number of hydrazone groups is 1. The van der Waals surface area contributed by atoms with Crippen LogP contribution in [0.4, 0.5) is 0 Å². The Morgan fingerprint density at radius 2 is 2.10 bits per heavy atom. The summed E-state index contributed by atoms with van der Waals surface area (Å²) < 4.78 is 4.77. The maximum Gasteiger partial charge on any atom is 0.308 e. The van der Waals surface area contributed by atoms with Gasteiger partial charge in [0.05, 0.1) is 13.0 Å². The van der Waals surface area contributed by atoms with E-state index in [-0.39, 0.29) is 29.7 Å². The van der Waals surface area contributed by atoms with Crippen molar-refractivity contribution in [2.24, 2.45) is 11.0 Å². The van der Waals surface area contributed by atoms with E-state index in [2.05, 4.69) is 10.4 Å². The molecule has 7 heteroatoms. The highest BCUT2D eigenvalue weighted by molar-refractivity contribution is 6.39. The monoisotopic (exact) mass is 295 g/mol. The molecule has 0 radical (unpaired) electrons. The van der Waals surface area contributed by atoms with Crippen LogP contribution in [-0.4, -0.2) is 48.7 Å². The lowest BCUT2D eigenvalue weighted by Gasteiger charge is -2.28. The van der Waals surface area contributed by atoms with Gasteiger partial charge in [-0.15, -0.1) is 0 Å². The van der Waals surface area contributed by atoms with Crippen LogP contribution in [0, 0.1) is 5.92 Å². The third-order valence-electron chi connectivity index (χ3n) is 4.01. The lowest BCUT2D eigenvalue weighted by Crippen LogP contribution is -2.44. The molecule has 7 nitrogen and oxygen atoms in total. The molecule has 2 rings (SSSR count). The van der Waals surface area contributed by atoms with Crippen molar-refractivity contribution in [1.82, 2.24) is 10.3 Å². The minimum Gasteiger partial charge on any atom is -0.469 e. The number of carbonyl (C=O) groups is 3. The Bertz CT molecular complexity index is 475. The molecule has 2 atom stereocenters. The molecule has 0 spiro atoms. The zero-order valence-corrected chi connectivity index (χ0v) is 12.4. The molecule has 1 saturated carbocycles. The number of nitrogens with one attached hydrogen (secondary N) is 1. The summed E-state index contributed by atoms with van der Waals surface area (Å²) in [5, 5.41) is 8.12. The second-order valence-electron chi connectivity index (χ2n) is 5.52. The Morgan fingerprint density at radius 3 is 2.76 bits per heavy atom. The predicted molar refractivity (Wildman–Crippen MR) is 75.3 cm³/mol. The van der Waals surface area contributed by atoms with E-state index in [1.54, 1.807) is 7.05 Å². The largest absolute Gasteiger partial charge is 0.469 e. The SMILES string of the molecule is COC(=O)[C@H]1CCC[C@@H](NC(=O)C2=NN(C)C(=O)CC2)C1. The second-order valence-corrected chi connectivity index (χ2v) is 5.52. The van der Waals surface area contributed by atoms with E-state index in [1.807, 2.05) is 0 Å². The van der Waals surface area contributed by atoms with Gasteiger partial charge >= 0.3 is 5.97 Å². The standard InChI is InChI=1S/C14H21N3O4/c1-17-12(18)7-6-11(16-17)13(19)15-10-5-3-4-9(8-10)14(20)21-2/h9-10H,3-8H2,1-2H3,(H,15,19)/t9-,10+/m0/s1. The van der Waals surface area contributed by atoms with E-state index in [0.717, 1.165) is 19.3 Å². The molecule has 1 aliphatic heterocycles. The van der Waals surface area contributed by atoms with Crippen LogP contribution in [0.15, 0.2) is 5.10 Å². The Balaban J connectivity index is 1.92. The summed E-state index contributed by atoms with van der Waals surface area (Å²) in [6.07, 6.45) is 3.80. The first kappa shape index (κ1) is 15.5. The van der Waals surface area contributed by atoms with Crippen molar-refractivity contribution in [3.05, 3.63) is 0 Å². The zero-order valence-electron chi connectivity index (χ0n) is 12.4. The highest BCUT2D eigenvalue weighted by Gasteiger charge is 2.30. The number of amides is 2. The molecule has 0 aromatic rings. The van der Waals surface area contributed by atoms with Crippen LogP contribution in [-0.2, 0) is 19.1 Å². The Hall–Kier alpha value is -1.92. The first-order valence-corrected chi connectivity index (χ1v) is 7.24. The average molecular weight is 295 g/mol. The van der Waals surface area contributed by atoms with Gasteiger partial charge in [0, 0.05) is 25.9 Å². The first-order chi connectivity index (χ1) is 10.0. The van der Waals surface area contributed by atoms with Crippen molar-refractivity contribution >= 4 is 23.5 Å². The Labute approximate surface area is 123 Å². The van der Waals surface area contributed by atoms with E-state index in [9.17, 15) is 14.4 Å². The van der Waals surface area contributed by atoms with Gasteiger partial charge in [0.15, 0.2) is 0 Å². The molecule has 1 N–H and O–H groups in total. The maximum atomic E-state index is 12.2. The fourth-order valence-electron chi connectivity index (χ4n) is 2.80. The second kappa shape index (κ2) is 6.69. The number of hydrogen-bond donors (Lipinski definition) is 1. The van der Waals surface area contributed by atoms with Gasteiger partial charge in [-0.2, -0.15) is 5.10 Å². The Morgan fingerprint density at radius 1 is 1.33 bits per heavy atom. The van der Waals surface area contributed by atoms with Gasteiger partial charge < -0.3 is 10.1 Å². The fourth-order valence-corrected chi connectivity index (χ4v) is 2.80. The number of ether oxygens (including phenoxy) is 1. The number of carbonyl (C=O) groups excluding carboxylic acids is 3. The molecule has 0 bridgehead atoms. The van der Waals surface area contributed by atoms with Gasteiger partial charge in [-0.25, -0.2) is 5.01 Å². The lowest BCUT2D eigenvalue weighted by atomic mass is 9.85. The van der Waals surface area contributed by atoms with Crippen LogP contribution in [0.1, 0.15) is 38.5 Å². The summed E-state index contributed by atoms with van der Waals surface area (Å²) >= 11 is 0. The smallest absolute Gasteiger partial charge is 0.308 e. The summed E-state index contributed by atoms with van der Waals surface area (Å²) in [7, 11) is 2.93. The fraction of sp³-hybridized carbons (Fsp3) is 0.714. The van der Waals surface area contributed by atoms with Crippen LogP contribution >= 0.6 is 0 Å². The average Bonchev–Trinajstić information content (AvgIpc) is 2.49. The van der Waals surface area contributed by atoms with Gasteiger partial charge in [-0.1, -0.05) is 6.42 Å². The Kier molecular flexibility index (Phi) is 4.93. The third kappa shape index (κ3) is 3.80. The summed E-state index contributed by atoms with van der Waals surface area (Å²) in [4.78, 5) is 35.1. The molecule has 0 saturated heterocycles. The molecule has 0 aromatic heterocycles. The van der Waals surface area contributed by atoms with Crippen LogP contribution in [0.2, 0.25) is 0 Å². The first-order valence-electron chi connectivity index (χ1n) is 7.24. The van der Waals surface area contributed by atoms with Crippen molar-refractivity contribution < 1.29 is 19.1 Å². The maximum absolute atomic E-state index is 12.2. The highest BCUT2D eigenvalue weighted by atomic mass is 16.5. The summed E-state index contributed by atoms with van der Waals surface area (Å²) in [6, 6.07) is -0.0408. The van der Waals surface area contributed by atoms with Gasteiger partial charge in [0.2, 0.25) is 5.91 Å². The minimum atomic E-state index is -0.245. The van der Waals surface area contributed by atoms with Gasteiger partial charge in [0.1, 0.15) is 5.71 Å². The molecule has 21 heavy (non-hydrogen) atoms. The molecule has 1 aliphatic carbocycles. The number of nitrogens with zero attached hydrogens (tertiary/aromatic N) is 2. The molecule has 0 unspecified atom stereocenters. The summed E-state index contributed by atoms with van der Waals surface area (Å²) in [5.74, 6) is -0.694. The lowest BCUT2D eigenvalue weighted by molar-refractivity contribution is -0.147. The quantitative estimate of drug-likeness (QED) is 0.765. The van der Waals surface area contributed by atoms with Crippen LogP contribution in [0.3, 0.4) is 0 Å². The number of rotatable bonds is 3. The van der Waals surface area contributed by atoms with E-state index in [4.69, 9.17) is 4.74 Å². The normalized spacial score (nSPS) is 26.1. The molecule has 1 fully saturated rings. The molecule has 1 heterocycles. The van der Waals surface area contributed by atoms with Crippen LogP contribution < -0.4 is 5.32 Å². The molecule has 116 valence electrons. The van der Waals surface area contributed by atoms with Crippen LogP contribution in [0.25, 0.3) is 0 Å². The van der Waals surface area contributed by atoms with Gasteiger partial charge in [-0.05, 0) is 19.3 Å².